The Morgan fingerprint density at radius 2 is 2.38 bits per heavy atom. The van der Waals surface area contributed by atoms with Gasteiger partial charge in [0.25, 0.3) is 0 Å². The molecule has 0 aliphatic carbocycles. The normalized spacial score (nSPS) is 32.8. The minimum atomic E-state index is -0.166. The maximum Gasteiger partial charge on any atom is 0.242 e. The van der Waals surface area contributed by atoms with Gasteiger partial charge < -0.3 is 10.2 Å². The van der Waals surface area contributed by atoms with Crippen molar-refractivity contribution in [2.75, 3.05) is 7.05 Å². The average molecular weight is 215 g/mol. The first-order valence-electron chi connectivity index (χ1n) is 3.88. The molecule has 2 aliphatic rings. The molecule has 0 radical (unpaired) electrons. The van der Waals surface area contributed by atoms with E-state index < -0.39 is 0 Å². The van der Waals surface area contributed by atoms with E-state index in [-0.39, 0.29) is 17.3 Å². The molecule has 0 spiro atoms. The fourth-order valence-electron chi connectivity index (χ4n) is 1.39. The molecule has 0 aromatic carbocycles. The van der Waals surface area contributed by atoms with Crippen LogP contribution in [0.3, 0.4) is 0 Å². The summed E-state index contributed by atoms with van der Waals surface area (Å²) in [6, 6.07) is 0. The fourth-order valence-corrected chi connectivity index (χ4v) is 2.83. The van der Waals surface area contributed by atoms with Crippen LogP contribution in [0.4, 0.5) is 0 Å². The van der Waals surface area contributed by atoms with E-state index in [9.17, 15) is 4.79 Å². The molecule has 4 nitrogen and oxygen atoms in total. The highest BCUT2D eigenvalue weighted by atomic mass is 32.2. The van der Waals surface area contributed by atoms with Crippen LogP contribution < -0.4 is 5.32 Å². The number of hydrogen-bond donors (Lipinski definition) is 1. The third-order valence-corrected chi connectivity index (χ3v) is 3.85. The van der Waals surface area contributed by atoms with Gasteiger partial charge in [-0.25, -0.2) is 4.99 Å². The molecule has 0 saturated carbocycles. The third-order valence-electron chi connectivity index (χ3n) is 2.07. The number of fused-ring (bicyclic) bond motifs is 1. The van der Waals surface area contributed by atoms with Gasteiger partial charge in [-0.2, -0.15) is 0 Å². The van der Waals surface area contributed by atoms with Crippen LogP contribution in [0.2, 0.25) is 0 Å². The summed E-state index contributed by atoms with van der Waals surface area (Å²) in [4.78, 5) is 17.7. The number of thioether (sulfide) groups is 1. The number of amidine groups is 1. The quantitative estimate of drug-likeness (QED) is 0.586. The van der Waals surface area contributed by atoms with Gasteiger partial charge in [-0.1, -0.05) is 24.0 Å². The molecule has 6 heteroatoms. The highest BCUT2D eigenvalue weighted by Gasteiger charge is 2.43. The topological polar surface area (TPSA) is 44.7 Å². The third kappa shape index (κ3) is 1.34. The van der Waals surface area contributed by atoms with Crippen molar-refractivity contribution in [1.82, 2.24) is 10.2 Å². The number of nitrogens with one attached hydrogen (secondary N) is 1. The summed E-state index contributed by atoms with van der Waals surface area (Å²) in [6.45, 7) is 1.79. The van der Waals surface area contributed by atoms with Crippen LogP contribution in [0.15, 0.2) is 4.99 Å². The first-order valence-corrected chi connectivity index (χ1v) is 5.17. The Kier molecular flexibility index (Phi) is 2.03. The number of thiocarbonyl (C=S) groups is 1. The van der Waals surface area contributed by atoms with Gasteiger partial charge in [0.05, 0.1) is 0 Å². The molecular formula is C7H9N3OS2. The van der Waals surface area contributed by atoms with E-state index in [2.05, 4.69) is 10.3 Å². The summed E-state index contributed by atoms with van der Waals surface area (Å²) >= 11 is 6.49. The first kappa shape index (κ1) is 8.96. The van der Waals surface area contributed by atoms with Crippen molar-refractivity contribution in [3.05, 3.63) is 0 Å². The molecule has 1 fully saturated rings. The standard InChI is InChI=1S/C7H9N3OS2/c1-3-8-5-4(6(11)9-3)13-7(12)10(5)2/h4-5H,1-2H3,(H,8,9,11). The summed E-state index contributed by atoms with van der Waals surface area (Å²) in [5, 5.41) is 2.53. The van der Waals surface area contributed by atoms with Crippen molar-refractivity contribution >= 4 is 40.0 Å². The van der Waals surface area contributed by atoms with E-state index in [1.165, 1.54) is 11.8 Å². The molecule has 2 atom stereocenters. The molecule has 13 heavy (non-hydrogen) atoms. The zero-order valence-electron chi connectivity index (χ0n) is 7.27. The van der Waals surface area contributed by atoms with Crippen molar-refractivity contribution < 1.29 is 4.79 Å². The van der Waals surface area contributed by atoms with E-state index in [4.69, 9.17) is 12.2 Å². The second-order valence-corrected chi connectivity index (χ2v) is 4.81. The number of amides is 1. The van der Waals surface area contributed by atoms with Gasteiger partial charge in [-0.3, -0.25) is 4.79 Å². The summed E-state index contributed by atoms with van der Waals surface area (Å²) < 4.78 is 0.739. The molecular weight excluding hydrogens is 206 g/mol. The largest absolute Gasteiger partial charge is 0.337 e. The van der Waals surface area contributed by atoms with Crippen molar-refractivity contribution in [2.45, 2.75) is 18.3 Å². The molecule has 1 saturated heterocycles. The highest BCUT2D eigenvalue weighted by molar-refractivity contribution is 8.24. The first-order chi connectivity index (χ1) is 6.09. The molecule has 0 bridgehead atoms. The molecule has 0 aromatic heterocycles. The lowest BCUT2D eigenvalue weighted by molar-refractivity contribution is -0.120. The van der Waals surface area contributed by atoms with E-state index in [1.54, 1.807) is 6.92 Å². The monoisotopic (exact) mass is 215 g/mol. The molecule has 2 heterocycles. The number of rotatable bonds is 0. The van der Waals surface area contributed by atoms with Crippen molar-refractivity contribution in [2.24, 2.45) is 4.99 Å². The van der Waals surface area contributed by atoms with Crippen molar-refractivity contribution in [1.29, 1.82) is 0 Å². The summed E-state index contributed by atoms with van der Waals surface area (Å²) in [6.07, 6.45) is -0.105. The lowest BCUT2D eigenvalue weighted by Gasteiger charge is -2.24. The molecule has 1 amide bonds. The van der Waals surface area contributed by atoms with Crippen LogP contribution in [0, 0.1) is 0 Å². The summed E-state index contributed by atoms with van der Waals surface area (Å²) in [7, 11) is 1.87. The average Bonchev–Trinajstić information content (AvgIpc) is 2.32. The van der Waals surface area contributed by atoms with Gasteiger partial charge in [0.1, 0.15) is 21.6 Å². The number of hydrogen-bond acceptors (Lipinski definition) is 4. The minimum Gasteiger partial charge on any atom is -0.337 e. The molecule has 70 valence electrons. The number of carbonyl (C=O) groups excluding carboxylic acids is 1. The second-order valence-electron chi connectivity index (χ2n) is 3.03. The number of nitrogens with zero attached hydrogens (tertiary/aromatic N) is 2. The van der Waals surface area contributed by atoms with Crippen molar-refractivity contribution in [3.8, 4) is 0 Å². The van der Waals surface area contributed by atoms with Gasteiger partial charge in [0.2, 0.25) is 5.91 Å². The zero-order chi connectivity index (χ0) is 9.59. The van der Waals surface area contributed by atoms with Crippen LogP contribution >= 0.6 is 24.0 Å². The lowest BCUT2D eigenvalue weighted by Crippen LogP contribution is -2.48. The predicted molar refractivity (Wildman–Crippen MR) is 56.8 cm³/mol. The number of carbonyl (C=O) groups is 1. The molecule has 2 aliphatic heterocycles. The van der Waals surface area contributed by atoms with E-state index in [0.717, 1.165) is 4.32 Å². The lowest BCUT2D eigenvalue weighted by atomic mass is 10.2. The molecule has 0 aromatic rings. The predicted octanol–water partition coefficient (Wildman–Crippen LogP) is 0.193. The Bertz CT molecular complexity index is 315. The second kappa shape index (κ2) is 2.95. The molecule has 1 N–H and O–H groups in total. The van der Waals surface area contributed by atoms with Crippen molar-refractivity contribution in [3.63, 3.8) is 0 Å². The van der Waals surface area contributed by atoms with E-state index >= 15 is 0 Å². The molecule has 2 unspecified atom stereocenters. The smallest absolute Gasteiger partial charge is 0.242 e. The van der Waals surface area contributed by atoms with Crippen LogP contribution in [-0.2, 0) is 4.79 Å². The molecule has 2 rings (SSSR count). The van der Waals surface area contributed by atoms with E-state index in [0.29, 0.717) is 5.84 Å². The maximum atomic E-state index is 11.5. The van der Waals surface area contributed by atoms with Gasteiger partial charge >= 0.3 is 0 Å². The Balaban J connectivity index is 2.34. The van der Waals surface area contributed by atoms with Gasteiger partial charge in [0.15, 0.2) is 0 Å². The minimum absolute atomic E-state index is 0.00852. The van der Waals surface area contributed by atoms with Crippen LogP contribution in [0.1, 0.15) is 6.92 Å². The maximum absolute atomic E-state index is 11.5. The van der Waals surface area contributed by atoms with Gasteiger partial charge in [0, 0.05) is 7.05 Å². The van der Waals surface area contributed by atoms with Gasteiger partial charge in [-0.15, -0.1) is 0 Å². The summed E-state index contributed by atoms with van der Waals surface area (Å²) in [5.74, 6) is 0.678. The zero-order valence-corrected chi connectivity index (χ0v) is 8.91. The number of aliphatic imine (C=N–C) groups is 1. The van der Waals surface area contributed by atoms with Gasteiger partial charge in [-0.05, 0) is 6.92 Å². The SMILES string of the molecule is CC1=NC2C(SC(=S)N2C)C(=O)N1. The summed E-state index contributed by atoms with van der Waals surface area (Å²) in [5.41, 5.74) is 0. The van der Waals surface area contributed by atoms with Crippen LogP contribution in [-0.4, -0.2) is 39.4 Å². The fraction of sp³-hybridized carbons (Fsp3) is 0.571. The van der Waals surface area contributed by atoms with E-state index in [1.807, 2.05) is 11.9 Å². The Labute approximate surface area is 85.8 Å². The Morgan fingerprint density at radius 1 is 1.69 bits per heavy atom. The Hall–Kier alpha value is -0.620. The highest BCUT2D eigenvalue weighted by Crippen LogP contribution is 2.32. The van der Waals surface area contributed by atoms with Crippen LogP contribution in [0.25, 0.3) is 0 Å². The van der Waals surface area contributed by atoms with Crippen LogP contribution in [0.5, 0.6) is 0 Å². The Morgan fingerprint density at radius 3 is 3.08 bits per heavy atom.